The van der Waals surface area contributed by atoms with Crippen LogP contribution in [0, 0.1) is 5.92 Å². The third-order valence-corrected chi connectivity index (χ3v) is 8.55. The number of hydrogen-bond donors (Lipinski definition) is 1. The Hall–Kier alpha value is -3.50. The number of carboxylic acids is 1. The Morgan fingerprint density at radius 3 is 2.47 bits per heavy atom. The number of nitrogens with zero attached hydrogens (tertiary/aromatic N) is 3. The topological polar surface area (TPSA) is 101 Å². The number of amides is 1. The number of carbonyl (C=O) groups is 2. The molecule has 236 valence electrons. The number of fused-ring (bicyclic) bond motifs is 1. The van der Waals surface area contributed by atoms with Crippen LogP contribution in [0.25, 0.3) is 0 Å². The smallest absolute Gasteiger partial charge is 0.308 e. The minimum Gasteiger partial charge on any atom is -0.496 e. The fourth-order valence-corrected chi connectivity index (χ4v) is 6.33. The summed E-state index contributed by atoms with van der Waals surface area (Å²) in [6.45, 7) is 5.10. The Bertz CT molecular complexity index is 1240. The molecule has 1 saturated heterocycles. The molecule has 1 N–H and O–H groups in total. The largest absolute Gasteiger partial charge is 0.496 e. The van der Waals surface area contributed by atoms with Gasteiger partial charge >= 0.3 is 5.97 Å². The monoisotopic (exact) mass is 597 g/mol. The van der Waals surface area contributed by atoms with Crippen LogP contribution in [0.15, 0.2) is 36.4 Å². The van der Waals surface area contributed by atoms with E-state index in [4.69, 9.17) is 18.9 Å². The molecular weight excluding hydrogens is 550 g/mol. The van der Waals surface area contributed by atoms with E-state index in [1.54, 1.807) is 14.2 Å². The van der Waals surface area contributed by atoms with Gasteiger partial charge in [0.05, 0.1) is 26.7 Å². The molecule has 2 heterocycles. The number of likely N-dealkylation sites (tertiary alicyclic amines) is 1. The van der Waals surface area contributed by atoms with E-state index < -0.39 is 11.9 Å². The molecule has 0 aromatic heterocycles. The maximum atomic E-state index is 13.8. The summed E-state index contributed by atoms with van der Waals surface area (Å²) in [5.74, 6) is 0.433. The van der Waals surface area contributed by atoms with E-state index >= 15 is 0 Å². The van der Waals surface area contributed by atoms with Crippen LogP contribution in [0.1, 0.15) is 49.7 Å². The summed E-state index contributed by atoms with van der Waals surface area (Å²) in [7, 11) is 7.27. The SMILES string of the molecule is CCCCN(CCCN(C)C)C(=O)CN1C[C@H](c2cc(OC)c3c(c2)OCO3)[C@@H](C(=O)O)[C@@H]1CCc1ccccc1OC. The van der Waals surface area contributed by atoms with Gasteiger partial charge in [0.25, 0.3) is 0 Å². The number of methoxy groups -OCH3 is 2. The summed E-state index contributed by atoms with van der Waals surface area (Å²) < 4.78 is 22.4. The van der Waals surface area contributed by atoms with Gasteiger partial charge in [-0.05, 0) is 75.6 Å². The van der Waals surface area contributed by atoms with Gasteiger partial charge in [-0.25, -0.2) is 0 Å². The molecule has 2 aromatic carbocycles. The van der Waals surface area contributed by atoms with Gasteiger partial charge in [-0.3, -0.25) is 14.5 Å². The van der Waals surface area contributed by atoms with Crippen molar-refractivity contribution < 1.29 is 33.6 Å². The normalized spacial score (nSPS) is 19.5. The predicted molar refractivity (Wildman–Crippen MR) is 164 cm³/mol. The van der Waals surface area contributed by atoms with Crippen LogP contribution in [0.2, 0.25) is 0 Å². The van der Waals surface area contributed by atoms with E-state index in [1.807, 2.05) is 55.4 Å². The lowest BCUT2D eigenvalue weighted by Crippen LogP contribution is -2.45. The number of benzene rings is 2. The summed E-state index contributed by atoms with van der Waals surface area (Å²) in [5.41, 5.74) is 1.82. The molecule has 10 heteroatoms. The second-order valence-corrected chi connectivity index (χ2v) is 11.7. The van der Waals surface area contributed by atoms with Gasteiger partial charge < -0.3 is 33.9 Å². The highest BCUT2D eigenvalue weighted by Crippen LogP contribution is 2.47. The average Bonchev–Trinajstić information content (AvgIpc) is 3.62. The van der Waals surface area contributed by atoms with Crippen molar-refractivity contribution in [2.24, 2.45) is 5.92 Å². The van der Waals surface area contributed by atoms with E-state index in [0.29, 0.717) is 49.7 Å². The van der Waals surface area contributed by atoms with Gasteiger partial charge in [-0.2, -0.15) is 0 Å². The Kier molecular flexibility index (Phi) is 11.5. The molecule has 4 rings (SSSR count). The fraction of sp³-hybridized carbons (Fsp3) is 0.576. The van der Waals surface area contributed by atoms with E-state index in [2.05, 4.69) is 16.7 Å². The van der Waals surface area contributed by atoms with Crippen molar-refractivity contribution in [2.45, 2.75) is 51.0 Å². The average molecular weight is 598 g/mol. The zero-order valence-corrected chi connectivity index (χ0v) is 26.2. The van der Waals surface area contributed by atoms with Gasteiger partial charge in [-0.15, -0.1) is 0 Å². The predicted octanol–water partition coefficient (Wildman–Crippen LogP) is 4.11. The lowest BCUT2D eigenvalue weighted by Gasteiger charge is -2.30. The van der Waals surface area contributed by atoms with Gasteiger partial charge in [0.2, 0.25) is 18.4 Å². The molecule has 0 bridgehead atoms. The van der Waals surface area contributed by atoms with Gasteiger partial charge in [0.15, 0.2) is 11.5 Å². The van der Waals surface area contributed by atoms with E-state index in [-0.39, 0.29) is 31.2 Å². The van der Waals surface area contributed by atoms with Gasteiger partial charge in [0, 0.05) is 31.6 Å². The summed E-state index contributed by atoms with van der Waals surface area (Å²) in [5, 5.41) is 10.6. The molecular formula is C33H47N3O7. The number of unbranched alkanes of at least 4 members (excludes halogenated alkanes) is 1. The first-order valence-corrected chi connectivity index (χ1v) is 15.3. The van der Waals surface area contributed by atoms with Crippen molar-refractivity contribution in [3.8, 4) is 23.0 Å². The van der Waals surface area contributed by atoms with Crippen molar-refractivity contribution in [3.05, 3.63) is 47.5 Å². The lowest BCUT2D eigenvalue weighted by atomic mass is 9.83. The highest BCUT2D eigenvalue weighted by atomic mass is 16.7. The number of carbonyl (C=O) groups excluding carboxylic acids is 1. The Morgan fingerprint density at radius 2 is 1.77 bits per heavy atom. The number of carboxylic acid groups (broad SMARTS) is 1. The van der Waals surface area contributed by atoms with Crippen molar-refractivity contribution in [3.63, 3.8) is 0 Å². The minimum atomic E-state index is -0.879. The molecule has 0 spiro atoms. The summed E-state index contributed by atoms with van der Waals surface area (Å²) in [6, 6.07) is 11.2. The zero-order valence-electron chi connectivity index (χ0n) is 26.2. The van der Waals surface area contributed by atoms with Crippen molar-refractivity contribution in [2.75, 3.05) is 67.8 Å². The van der Waals surface area contributed by atoms with Crippen LogP contribution in [-0.2, 0) is 16.0 Å². The quantitative estimate of drug-likeness (QED) is 0.306. The molecule has 0 radical (unpaired) electrons. The van der Waals surface area contributed by atoms with Crippen LogP contribution in [0.5, 0.6) is 23.0 Å². The highest BCUT2D eigenvalue weighted by molar-refractivity contribution is 5.79. The molecule has 1 fully saturated rings. The molecule has 2 aromatic rings. The Morgan fingerprint density at radius 1 is 1.02 bits per heavy atom. The first-order chi connectivity index (χ1) is 20.8. The van der Waals surface area contributed by atoms with Gasteiger partial charge in [-0.1, -0.05) is 31.5 Å². The molecule has 1 amide bonds. The number of rotatable bonds is 16. The summed E-state index contributed by atoms with van der Waals surface area (Å²) >= 11 is 0. The van der Waals surface area contributed by atoms with Gasteiger partial charge in [0.1, 0.15) is 5.75 Å². The van der Waals surface area contributed by atoms with Crippen LogP contribution >= 0.6 is 0 Å². The molecule has 10 nitrogen and oxygen atoms in total. The second-order valence-electron chi connectivity index (χ2n) is 11.7. The summed E-state index contributed by atoms with van der Waals surface area (Å²) in [6.07, 6.45) is 4.01. The van der Waals surface area contributed by atoms with Crippen LogP contribution in [0.3, 0.4) is 0 Å². The van der Waals surface area contributed by atoms with Crippen LogP contribution < -0.4 is 18.9 Å². The van der Waals surface area contributed by atoms with E-state index in [9.17, 15) is 14.7 Å². The van der Waals surface area contributed by atoms with Crippen molar-refractivity contribution >= 4 is 11.9 Å². The maximum Gasteiger partial charge on any atom is 0.308 e. The van der Waals surface area contributed by atoms with Crippen molar-refractivity contribution in [1.82, 2.24) is 14.7 Å². The number of aliphatic carboxylic acids is 1. The molecule has 2 aliphatic rings. The molecule has 3 atom stereocenters. The highest BCUT2D eigenvalue weighted by Gasteiger charge is 2.47. The minimum absolute atomic E-state index is 0.0440. The van der Waals surface area contributed by atoms with Crippen molar-refractivity contribution in [1.29, 1.82) is 0 Å². The number of para-hydroxylation sites is 1. The third-order valence-electron chi connectivity index (χ3n) is 8.55. The molecule has 0 aliphatic carbocycles. The molecule has 43 heavy (non-hydrogen) atoms. The molecule has 0 unspecified atom stereocenters. The number of aryl methyl sites for hydroxylation is 1. The van der Waals surface area contributed by atoms with Crippen LogP contribution in [0.4, 0.5) is 0 Å². The van der Waals surface area contributed by atoms with Crippen LogP contribution in [-0.4, -0.2) is 106 Å². The Balaban J connectivity index is 1.64. The van der Waals surface area contributed by atoms with E-state index in [1.165, 1.54) is 0 Å². The standard InChI is InChI=1S/C33H47N3O7/c1-6-7-16-35(17-10-15-34(2)3)30(37)21-36-20-25(24-18-28(41-5)32-29(19-24)42-22-43-32)31(33(38)39)26(36)14-13-23-11-8-9-12-27(23)40-4/h8-9,11-12,18-19,25-26,31H,6-7,10,13-17,20-22H2,1-5H3,(H,38,39)/t25-,26+,31-/m1/s1. The first kappa shape index (κ1) is 32.4. The second kappa shape index (κ2) is 15.3. The first-order valence-electron chi connectivity index (χ1n) is 15.3. The molecule has 2 aliphatic heterocycles. The maximum absolute atomic E-state index is 13.8. The fourth-order valence-electron chi connectivity index (χ4n) is 6.33. The zero-order chi connectivity index (χ0) is 30.9. The number of hydrogen-bond acceptors (Lipinski definition) is 8. The lowest BCUT2D eigenvalue weighted by molar-refractivity contribution is -0.143. The summed E-state index contributed by atoms with van der Waals surface area (Å²) in [4.78, 5) is 33.0. The number of ether oxygens (including phenoxy) is 4. The third kappa shape index (κ3) is 7.92. The molecule has 0 saturated carbocycles. The Labute approximate surface area is 255 Å². The van der Waals surface area contributed by atoms with E-state index in [0.717, 1.165) is 42.7 Å².